The van der Waals surface area contributed by atoms with Gasteiger partial charge in [0.15, 0.2) is 0 Å². The Hall–Kier alpha value is -1.11. The van der Waals surface area contributed by atoms with Gasteiger partial charge in [-0.1, -0.05) is 0 Å². The van der Waals surface area contributed by atoms with Crippen LogP contribution in [0.5, 0.6) is 0 Å². The fraction of sp³-hybridized carbons (Fsp3) is 0.286. The Labute approximate surface area is 86.2 Å². The van der Waals surface area contributed by atoms with Crippen molar-refractivity contribution < 1.29 is 13.7 Å². The van der Waals surface area contributed by atoms with Crippen LogP contribution in [-0.2, 0) is 0 Å². The van der Waals surface area contributed by atoms with Gasteiger partial charge >= 0.3 is 0 Å². The molecular formula is C7H5BrF2N2O2. The van der Waals surface area contributed by atoms with E-state index in [-0.39, 0.29) is 10.2 Å². The van der Waals surface area contributed by atoms with Crippen molar-refractivity contribution in [2.75, 3.05) is 0 Å². The van der Waals surface area contributed by atoms with E-state index in [0.717, 1.165) is 6.07 Å². The molecule has 1 aromatic heterocycles. The number of alkyl halides is 2. The zero-order valence-corrected chi connectivity index (χ0v) is 8.59. The van der Waals surface area contributed by atoms with Crippen molar-refractivity contribution in [1.82, 2.24) is 4.98 Å². The molecule has 0 bridgehead atoms. The molecule has 4 nitrogen and oxygen atoms in total. The van der Waals surface area contributed by atoms with Gasteiger partial charge in [0.2, 0.25) is 0 Å². The van der Waals surface area contributed by atoms with Crippen LogP contribution in [0.2, 0.25) is 0 Å². The summed E-state index contributed by atoms with van der Waals surface area (Å²) in [5, 5.41) is 10.5. The summed E-state index contributed by atoms with van der Waals surface area (Å²) >= 11 is 2.73. The molecule has 1 heterocycles. The van der Waals surface area contributed by atoms with Crippen LogP contribution in [0.3, 0.4) is 0 Å². The van der Waals surface area contributed by atoms with Crippen molar-refractivity contribution in [1.29, 1.82) is 0 Å². The molecule has 1 rings (SSSR count). The third kappa shape index (κ3) is 2.03. The summed E-state index contributed by atoms with van der Waals surface area (Å²) in [6, 6.07) is 1.13. The van der Waals surface area contributed by atoms with Crippen LogP contribution in [0.15, 0.2) is 10.5 Å². The lowest BCUT2D eigenvalue weighted by atomic mass is 10.3. The lowest BCUT2D eigenvalue weighted by Gasteiger charge is -2.04. The van der Waals surface area contributed by atoms with Gasteiger partial charge in [0, 0.05) is 11.8 Å². The molecule has 0 aliphatic carbocycles. The number of nitro groups is 1. The van der Waals surface area contributed by atoms with E-state index in [4.69, 9.17) is 0 Å². The van der Waals surface area contributed by atoms with Gasteiger partial charge in [0.05, 0.1) is 4.92 Å². The molecule has 7 heteroatoms. The Balaban J connectivity index is 3.40. The van der Waals surface area contributed by atoms with E-state index in [1.807, 2.05) is 0 Å². The first kappa shape index (κ1) is 11.0. The van der Waals surface area contributed by atoms with E-state index in [0.29, 0.717) is 0 Å². The molecule has 0 N–H and O–H groups in total. The molecule has 0 saturated heterocycles. The number of hydrogen-bond donors (Lipinski definition) is 0. The first-order valence-corrected chi connectivity index (χ1v) is 4.32. The predicted octanol–water partition coefficient (Wildman–Crippen LogP) is 3.00. The van der Waals surface area contributed by atoms with Crippen molar-refractivity contribution in [3.63, 3.8) is 0 Å². The summed E-state index contributed by atoms with van der Waals surface area (Å²) < 4.78 is 24.4. The van der Waals surface area contributed by atoms with Crippen molar-refractivity contribution >= 4 is 21.6 Å². The molecule has 0 aromatic carbocycles. The summed E-state index contributed by atoms with van der Waals surface area (Å²) in [7, 11) is 0. The van der Waals surface area contributed by atoms with Gasteiger partial charge in [-0.3, -0.25) is 15.1 Å². The highest BCUT2D eigenvalue weighted by Crippen LogP contribution is 2.33. The number of pyridine rings is 1. The van der Waals surface area contributed by atoms with E-state index < -0.39 is 22.7 Å². The van der Waals surface area contributed by atoms with Crippen LogP contribution < -0.4 is 0 Å². The highest BCUT2D eigenvalue weighted by Gasteiger charge is 2.23. The van der Waals surface area contributed by atoms with Crippen LogP contribution in [0.1, 0.15) is 17.8 Å². The highest BCUT2D eigenvalue weighted by molar-refractivity contribution is 9.10. The van der Waals surface area contributed by atoms with E-state index in [2.05, 4.69) is 20.9 Å². The molecule has 14 heavy (non-hydrogen) atoms. The SMILES string of the molecule is Cc1cc([N+](=O)[O-])c(Br)c(C(F)F)n1. The summed E-state index contributed by atoms with van der Waals surface area (Å²) in [6.07, 6.45) is -2.83. The molecule has 1 aromatic rings. The number of aromatic nitrogens is 1. The fourth-order valence-electron chi connectivity index (χ4n) is 0.941. The van der Waals surface area contributed by atoms with Crippen LogP contribution in [0.4, 0.5) is 14.5 Å². The van der Waals surface area contributed by atoms with Crippen LogP contribution in [-0.4, -0.2) is 9.91 Å². The second-order valence-corrected chi connectivity index (χ2v) is 3.33. The van der Waals surface area contributed by atoms with Gasteiger partial charge in [-0.25, -0.2) is 8.78 Å². The van der Waals surface area contributed by atoms with Gasteiger partial charge in [-0.05, 0) is 22.9 Å². The second kappa shape index (κ2) is 3.95. The molecule has 0 amide bonds. The monoisotopic (exact) mass is 266 g/mol. The third-order valence-corrected chi connectivity index (χ3v) is 2.31. The molecule has 0 radical (unpaired) electrons. The molecule has 0 atom stereocenters. The zero-order valence-electron chi connectivity index (χ0n) is 7.00. The maximum Gasteiger partial charge on any atom is 0.287 e. The fourth-order valence-corrected chi connectivity index (χ4v) is 1.46. The second-order valence-electron chi connectivity index (χ2n) is 2.54. The normalized spacial score (nSPS) is 10.6. The standard InChI is InChI=1S/C7H5BrF2N2O2/c1-3-2-4(12(13)14)5(8)6(11-3)7(9)10/h2,7H,1H3. The number of hydrogen-bond acceptors (Lipinski definition) is 3. The van der Waals surface area contributed by atoms with Crippen LogP contribution >= 0.6 is 15.9 Å². The third-order valence-electron chi connectivity index (χ3n) is 1.50. The predicted molar refractivity (Wildman–Crippen MR) is 48.3 cm³/mol. The zero-order chi connectivity index (χ0) is 10.9. The Morgan fingerprint density at radius 2 is 2.21 bits per heavy atom. The number of rotatable bonds is 2. The van der Waals surface area contributed by atoms with Gasteiger partial charge in [0.1, 0.15) is 10.2 Å². The number of nitrogens with zero attached hydrogens (tertiary/aromatic N) is 2. The first-order valence-electron chi connectivity index (χ1n) is 3.53. The Bertz CT molecular complexity index is 384. The van der Waals surface area contributed by atoms with E-state index in [9.17, 15) is 18.9 Å². The Morgan fingerprint density at radius 1 is 1.64 bits per heavy atom. The van der Waals surface area contributed by atoms with Gasteiger partial charge in [0.25, 0.3) is 12.1 Å². The van der Waals surface area contributed by atoms with Crippen molar-refractivity contribution in [2.24, 2.45) is 0 Å². The summed E-state index contributed by atoms with van der Waals surface area (Å²) in [5.74, 6) is 0. The lowest BCUT2D eigenvalue weighted by molar-refractivity contribution is -0.385. The minimum absolute atomic E-state index is 0.190. The van der Waals surface area contributed by atoms with Gasteiger partial charge < -0.3 is 0 Å². The van der Waals surface area contributed by atoms with Gasteiger partial charge in [-0.15, -0.1) is 0 Å². The molecule has 0 fully saturated rings. The summed E-state index contributed by atoms with van der Waals surface area (Å²) in [5.41, 5.74) is -0.806. The Morgan fingerprint density at radius 3 is 2.64 bits per heavy atom. The van der Waals surface area contributed by atoms with E-state index >= 15 is 0 Å². The minimum Gasteiger partial charge on any atom is -0.258 e. The molecule has 0 aliphatic heterocycles. The summed E-state index contributed by atoms with van der Waals surface area (Å²) in [6.45, 7) is 1.42. The quantitative estimate of drug-likeness (QED) is 0.611. The molecular weight excluding hydrogens is 262 g/mol. The van der Waals surface area contributed by atoms with Gasteiger partial charge in [-0.2, -0.15) is 0 Å². The first-order chi connectivity index (χ1) is 6.43. The maximum absolute atomic E-state index is 12.3. The molecule has 0 saturated carbocycles. The molecule has 0 unspecified atom stereocenters. The molecule has 0 spiro atoms. The lowest BCUT2D eigenvalue weighted by Crippen LogP contribution is -1.99. The average Bonchev–Trinajstić information content (AvgIpc) is 2.07. The molecule has 0 aliphatic rings. The van der Waals surface area contributed by atoms with E-state index in [1.165, 1.54) is 6.92 Å². The topological polar surface area (TPSA) is 56.0 Å². The van der Waals surface area contributed by atoms with Crippen molar-refractivity contribution in [2.45, 2.75) is 13.3 Å². The minimum atomic E-state index is -2.83. The Kier molecular flexibility index (Phi) is 3.10. The van der Waals surface area contributed by atoms with Crippen molar-refractivity contribution in [3.05, 3.63) is 32.0 Å². The highest BCUT2D eigenvalue weighted by atomic mass is 79.9. The number of aryl methyl sites for hydroxylation is 1. The average molecular weight is 267 g/mol. The van der Waals surface area contributed by atoms with Crippen LogP contribution in [0.25, 0.3) is 0 Å². The number of halogens is 3. The van der Waals surface area contributed by atoms with Crippen molar-refractivity contribution in [3.8, 4) is 0 Å². The smallest absolute Gasteiger partial charge is 0.258 e. The van der Waals surface area contributed by atoms with E-state index in [1.54, 1.807) is 0 Å². The largest absolute Gasteiger partial charge is 0.287 e. The maximum atomic E-state index is 12.3. The molecule has 76 valence electrons. The van der Waals surface area contributed by atoms with Crippen LogP contribution in [0, 0.1) is 17.0 Å². The summed E-state index contributed by atoms with van der Waals surface area (Å²) in [4.78, 5) is 13.2.